The van der Waals surface area contributed by atoms with Crippen LogP contribution in [0, 0.1) is 56.3 Å². The van der Waals surface area contributed by atoms with Crippen LogP contribution >= 0.6 is 0 Å². The van der Waals surface area contributed by atoms with Gasteiger partial charge in [0.15, 0.2) is 0 Å². The van der Waals surface area contributed by atoms with E-state index in [0.717, 1.165) is 6.42 Å². The number of halogens is 2. The zero-order chi connectivity index (χ0) is 43.8. The Bertz CT molecular complexity index is 2190. The van der Waals surface area contributed by atoms with Crippen molar-refractivity contribution in [3.63, 3.8) is 0 Å². The minimum Gasteiger partial charge on any atom is -1.00 e. The monoisotopic (exact) mass is 946 g/mol. The summed E-state index contributed by atoms with van der Waals surface area (Å²) in [5, 5.41) is 0. The van der Waals surface area contributed by atoms with E-state index in [0.29, 0.717) is 5.92 Å². The minimum absolute atomic E-state index is 0. The van der Waals surface area contributed by atoms with Gasteiger partial charge in [0.1, 0.15) is 0 Å². The van der Waals surface area contributed by atoms with Gasteiger partial charge in [0, 0.05) is 10.8 Å². The van der Waals surface area contributed by atoms with Gasteiger partial charge in [-0.15, -0.1) is 23.8 Å². The second kappa shape index (κ2) is 21.4. The van der Waals surface area contributed by atoms with Crippen LogP contribution in [0.4, 0.5) is 0 Å². The summed E-state index contributed by atoms with van der Waals surface area (Å²) in [4.78, 5) is 0. The third kappa shape index (κ3) is 8.70. The second-order valence-electron chi connectivity index (χ2n) is 18.5. The van der Waals surface area contributed by atoms with E-state index in [9.17, 15) is 0 Å². The van der Waals surface area contributed by atoms with E-state index in [2.05, 4.69) is 242 Å². The Hall–Kier alpha value is -3.87. The molecule has 0 nitrogen and oxygen atoms in total. The molecule has 0 N–H and O–H groups in total. The molecule has 2 saturated carbocycles. The fourth-order valence-electron chi connectivity index (χ4n) is 12.1. The normalized spacial score (nSPS) is 32.5. The molecule has 326 valence electrons. The minimum atomic E-state index is 0. The molecule has 0 radical (unpaired) electrons. The Kier molecular flexibility index (Phi) is 17.6. The third-order valence-corrected chi connectivity index (χ3v) is 16.4. The predicted octanol–water partition coefficient (Wildman–Crippen LogP) is 10.0. The van der Waals surface area contributed by atoms with E-state index in [4.69, 9.17) is 0 Å². The molecule has 3 heteroatoms. The summed E-state index contributed by atoms with van der Waals surface area (Å²) in [6.07, 6.45) is 39.3. The van der Waals surface area contributed by atoms with Crippen molar-refractivity contribution >= 4 is 3.71 Å². The summed E-state index contributed by atoms with van der Waals surface area (Å²) < 4.78 is 2.09. The Morgan fingerprint density at radius 1 is 0.540 bits per heavy atom. The Balaban J connectivity index is 0.000000211. The number of hydrogen-bond acceptors (Lipinski definition) is 0. The van der Waals surface area contributed by atoms with Gasteiger partial charge >= 0.3 is 34.9 Å². The molecule has 0 aromatic heterocycles. The third-order valence-electron chi connectivity index (χ3n) is 16.4. The number of hydrogen-bond donors (Lipinski definition) is 0. The van der Waals surface area contributed by atoms with Crippen LogP contribution in [0.5, 0.6) is 0 Å². The van der Waals surface area contributed by atoms with E-state index in [1.807, 2.05) is 43.3 Å². The van der Waals surface area contributed by atoms with Gasteiger partial charge in [0.2, 0.25) is 0 Å². The molecule has 6 aliphatic carbocycles. The van der Waals surface area contributed by atoms with Crippen LogP contribution in [0.2, 0.25) is 0 Å². The van der Waals surface area contributed by atoms with E-state index >= 15 is 0 Å². The quantitative estimate of drug-likeness (QED) is 0.176. The first-order valence-electron chi connectivity index (χ1n) is 22.1. The van der Waals surface area contributed by atoms with Gasteiger partial charge in [-0.1, -0.05) is 236 Å². The summed E-state index contributed by atoms with van der Waals surface area (Å²) in [5.74, 6) is 0.460. The van der Waals surface area contributed by atoms with Crippen molar-refractivity contribution in [3.8, 4) is 22.3 Å². The van der Waals surface area contributed by atoms with Gasteiger partial charge in [-0.05, 0) is 50.8 Å². The molecule has 10 rings (SSSR count). The Morgan fingerprint density at radius 2 is 0.905 bits per heavy atom. The van der Waals surface area contributed by atoms with Crippen LogP contribution in [-0.2, 0) is 24.2 Å². The van der Waals surface area contributed by atoms with Crippen LogP contribution in [-0.4, -0.2) is 3.71 Å². The molecule has 8 atom stereocenters. The van der Waals surface area contributed by atoms with E-state index < -0.39 is 0 Å². The van der Waals surface area contributed by atoms with Crippen LogP contribution in [0.15, 0.2) is 212 Å². The average Bonchev–Trinajstić information content (AvgIpc) is 3.95. The summed E-state index contributed by atoms with van der Waals surface area (Å²) in [6, 6.07) is 41.6. The first-order valence-corrected chi connectivity index (χ1v) is 23.5. The van der Waals surface area contributed by atoms with Crippen LogP contribution in [0.3, 0.4) is 0 Å². The topological polar surface area (TPSA) is 0 Å². The van der Waals surface area contributed by atoms with Crippen molar-refractivity contribution in [3.05, 3.63) is 224 Å². The van der Waals surface area contributed by atoms with Crippen molar-refractivity contribution in [2.75, 3.05) is 0 Å². The van der Waals surface area contributed by atoms with Crippen molar-refractivity contribution in [1.29, 1.82) is 0 Å². The molecule has 4 aromatic rings. The van der Waals surface area contributed by atoms with E-state index in [1.165, 1.54) is 52.1 Å². The standard InChI is InChI=1S/C29H37.2C12H10.C5H5.C2H4.2ClH.Zr/c1-21-14-13-15-22-20-27(6)25(4)18-10-9-16-23(25,2)24(3)17-11-12-19-26(24,5)29(27,8)28(21,22)7;2*1-3-7-11(8-4-1)12-9-5-2-6-10-12;1-2-4-5-3-1;1-2;;;/h9-20,22H,1-8H3;2*1-10H;1-3H,4H2;1H,2H3;2*1H;/q-1;;;-1;;;;+2/p-2. The maximum Gasteiger partial charge on any atom is -0.0184 e. The number of fused-ring (bicyclic) bond motifs is 8. The first kappa shape index (κ1) is 51.8. The van der Waals surface area contributed by atoms with Crippen LogP contribution in [0.1, 0.15) is 68.7 Å². The maximum absolute atomic E-state index is 2.99. The zero-order valence-corrected chi connectivity index (χ0v) is 42.8. The smallest absolute Gasteiger partial charge is 0.0184 e. The largest absolute Gasteiger partial charge is 1.00 e. The Labute approximate surface area is 409 Å². The van der Waals surface area contributed by atoms with Gasteiger partial charge in [-0.3, -0.25) is 6.08 Å². The molecule has 0 spiro atoms. The summed E-state index contributed by atoms with van der Waals surface area (Å²) >= 11 is 1.51. The number of benzene rings is 4. The predicted molar refractivity (Wildman–Crippen MR) is 261 cm³/mol. The van der Waals surface area contributed by atoms with E-state index in [-0.39, 0.29) is 62.7 Å². The summed E-state index contributed by atoms with van der Waals surface area (Å²) in [5.41, 5.74) is 6.84. The number of rotatable bonds is 2. The zero-order valence-electron chi connectivity index (χ0n) is 38.8. The van der Waals surface area contributed by atoms with Crippen molar-refractivity contribution in [2.24, 2.45) is 43.8 Å². The number of allylic oxidation sites excluding steroid dienone is 16. The molecule has 2 fully saturated rings. The SMILES string of the molecule is CC1=CC=CC2[CH-]C3(C)C4(C)C=CC=CC4(C)C4(C)C=CC=CC4(C)C3(C)C12C.C[CH]=[Zr+2].[C-]1=CC=CC1.[Cl-].[Cl-].c1ccc(-c2ccccc2)cc1.c1ccc(-c2ccccc2)cc1. The molecular weight excluding hydrogens is 883 g/mol. The van der Waals surface area contributed by atoms with Crippen molar-refractivity contribution in [1.82, 2.24) is 0 Å². The molecule has 63 heavy (non-hydrogen) atoms. The van der Waals surface area contributed by atoms with Gasteiger partial charge in [0.25, 0.3) is 0 Å². The molecule has 4 aromatic carbocycles. The van der Waals surface area contributed by atoms with Crippen LogP contribution in [0.25, 0.3) is 22.3 Å². The van der Waals surface area contributed by atoms with E-state index in [1.54, 1.807) is 0 Å². The molecule has 0 bridgehead atoms. The molecule has 0 aliphatic heterocycles. The van der Waals surface area contributed by atoms with Gasteiger partial charge in [-0.25, -0.2) is 12.2 Å². The second-order valence-corrected chi connectivity index (χ2v) is 19.9. The molecule has 0 amide bonds. The fourth-order valence-corrected chi connectivity index (χ4v) is 12.1. The summed E-state index contributed by atoms with van der Waals surface area (Å²) in [6.45, 7) is 22.3. The van der Waals surface area contributed by atoms with Gasteiger partial charge < -0.3 is 31.2 Å². The van der Waals surface area contributed by atoms with Crippen molar-refractivity contribution < 1.29 is 49.0 Å². The fraction of sp³-hybridized carbons (Fsp3) is 0.300. The molecular formula is C60H66Cl2Zr-2. The summed E-state index contributed by atoms with van der Waals surface area (Å²) in [7, 11) is 0. The van der Waals surface area contributed by atoms with Gasteiger partial charge in [0.05, 0.1) is 0 Å². The molecule has 8 unspecified atom stereocenters. The van der Waals surface area contributed by atoms with Crippen molar-refractivity contribution in [2.45, 2.75) is 68.7 Å². The van der Waals surface area contributed by atoms with Gasteiger partial charge in [-0.2, -0.15) is 6.08 Å². The average molecular weight is 949 g/mol. The van der Waals surface area contributed by atoms with Crippen LogP contribution < -0.4 is 24.8 Å². The molecule has 0 saturated heterocycles. The molecule has 0 heterocycles. The Morgan fingerprint density at radius 3 is 1.25 bits per heavy atom. The first-order chi connectivity index (χ1) is 29.2. The molecule has 6 aliphatic rings. The maximum atomic E-state index is 2.99.